The minimum Gasteiger partial charge on any atom is -0.442 e. The van der Waals surface area contributed by atoms with Gasteiger partial charge in [0.05, 0.1) is 0 Å². The van der Waals surface area contributed by atoms with Crippen LogP contribution in [0.5, 0.6) is 0 Å². The summed E-state index contributed by atoms with van der Waals surface area (Å²) in [4.78, 5) is 11.8. The zero-order valence-electron chi connectivity index (χ0n) is 12.1. The Hall–Kier alpha value is -1.31. The highest BCUT2D eigenvalue weighted by Crippen LogP contribution is 2.41. The third-order valence-corrected chi connectivity index (χ3v) is 2.69. The number of alkyl halides is 3. The quantitative estimate of drug-likeness (QED) is 0.809. The average molecular weight is 296 g/mol. The molecule has 0 fully saturated rings. The molecule has 0 aromatic heterocycles. The van der Waals surface area contributed by atoms with Gasteiger partial charge in [0, 0.05) is 12.1 Å². The molecule has 1 rings (SSSR count). The first-order valence-electron chi connectivity index (χ1n) is 6.17. The molecule has 5 nitrogen and oxygen atoms in total. The second kappa shape index (κ2) is 4.91. The summed E-state index contributed by atoms with van der Waals surface area (Å²) < 4.78 is 44.0. The number of ether oxygens (including phenoxy) is 1. The number of hydrazone groups is 1. The molecule has 0 aromatic carbocycles. The van der Waals surface area contributed by atoms with E-state index in [9.17, 15) is 23.1 Å². The number of amides is 1. The number of hydrogen-bond acceptors (Lipinski definition) is 4. The molecular formula is C12H19F3N2O3. The SMILES string of the molecule is CC(C)C1=NN(C(=O)OC(C)(C)C)[C@@](O)(C(F)(F)F)C1. The normalized spacial score (nSPS) is 24.1. The van der Waals surface area contributed by atoms with Gasteiger partial charge in [-0.15, -0.1) is 0 Å². The first-order valence-corrected chi connectivity index (χ1v) is 6.17. The Morgan fingerprint density at radius 1 is 1.40 bits per heavy atom. The van der Waals surface area contributed by atoms with E-state index in [1.54, 1.807) is 13.8 Å². The topological polar surface area (TPSA) is 62.1 Å². The molecule has 1 atom stereocenters. The highest BCUT2D eigenvalue weighted by Gasteiger charge is 2.64. The first-order chi connectivity index (χ1) is 8.78. The number of aliphatic hydroxyl groups is 1. The van der Waals surface area contributed by atoms with E-state index in [-0.39, 0.29) is 16.6 Å². The van der Waals surface area contributed by atoms with Crippen LogP contribution in [0.25, 0.3) is 0 Å². The van der Waals surface area contributed by atoms with E-state index < -0.39 is 30.0 Å². The van der Waals surface area contributed by atoms with Crippen molar-refractivity contribution in [1.82, 2.24) is 5.01 Å². The monoisotopic (exact) mass is 296 g/mol. The van der Waals surface area contributed by atoms with Crippen molar-refractivity contribution in [3.8, 4) is 0 Å². The van der Waals surface area contributed by atoms with E-state index in [0.717, 1.165) is 0 Å². The van der Waals surface area contributed by atoms with Gasteiger partial charge in [-0.3, -0.25) is 0 Å². The number of carbonyl (C=O) groups is 1. The second-order valence-electron chi connectivity index (χ2n) is 6.03. The van der Waals surface area contributed by atoms with E-state index >= 15 is 0 Å². The average Bonchev–Trinajstić information content (AvgIpc) is 2.54. The number of carbonyl (C=O) groups excluding carboxylic acids is 1. The van der Waals surface area contributed by atoms with Crippen LogP contribution in [0.4, 0.5) is 18.0 Å². The third kappa shape index (κ3) is 3.23. The van der Waals surface area contributed by atoms with Gasteiger partial charge in [-0.25, -0.2) is 4.79 Å². The molecule has 1 aliphatic heterocycles. The lowest BCUT2D eigenvalue weighted by atomic mass is 9.99. The Morgan fingerprint density at radius 3 is 2.25 bits per heavy atom. The molecule has 20 heavy (non-hydrogen) atoms. The Balaban J connectivity index is 3.13. The fourth-order valence-corrected chi connectivity index (χ4v) is 1.61. The number of halogens is 3. The van der Waals surface area contributed by atoms with Crippen LogP contribution in [0, 0.1) is 5.92 Å². The van der Waals surface area contributed by atoms with Gasteiger partial charge >= 0.3 is 12.3 Å². The Morgan fingerprint density at radius 2 is 1.90 bits per heavy atom. The highest BCUT2D eigenvalue weighted by atomic mass is 19.4. The third-order valence-electron chi connectivity index (χ3n) is 2.69. The molecule has 1 N–H and O–H groups in total. The van der Waals surface area contributed by atoms with E-state index in [4.69, 9.17) is 4.74 Å². The van der Waals surface area contributed by atoms with Crippen molar-refractivity contribution < 1.29 is 27.8 Å². The molecule has 1 amide bonds. The van der Waals surface area contributed by atoms with Crippen LogP contribution in [-0.4, -0.2) is 39.4 Å². The number of hydrogen-bond donors (Lipinski definition) is 1. The summed E-state index contributed by atoms with van der Waals surface area (Å²) in [7, 11) is 0. The minimum atomic E-state index is -5.02. The zero-order valence-corrected chi connectivity index (χ0v) is 12.1. The Kier molecular flexibility index (Phi) is 4.11. The highest BCUT2D eigenvalue weighted by molar-refractivity contribution is 5.90. The number of nitrogens with zero attached hydrogens (tertiary/aromatic N) is 2. The van der Waals surface area contributed by atoms with Crippen LogP contribution in [0.1, 0.15) is 41.0 Å². The van der Waals surface area contributed by atoms with Crippen molar-refractivity contribution in [2.45, 2.75) is 58.5 Å². The molecule has 0 unspecified atom stereocenters. The molecule has 8 heteroatoms. The maximum Gasteiger partial charge on any atom is 0.439 e. The van der Waals surface area contributed by atoms with Crippen molar-refractivity contribution in [3.63, 3.8) is 0 Å². The van der Waals surface area contributed by atoms with Crippen molar-refractivity contribution in [2.75, 3.05) is 0 Å². The van der Waals surface area contributed by atoms with Crippen molar-refractivity contribution in [1.29, 1.82) is 0 Å². The number of rotatable bonds is 1. The molecule has 0 spiro atoms. The molecular weight excluding hydrogens is 277 g/mol. The van der Waals surface area contributed by atoms with Crippen LogP contribution in [0.3, 0.4) is 0 Å². The largest absolute Gasteiger partial charge is 0.442 e. The van der Waals surface area contributed by atoms with Gasteiger partial charge in [-0.1, -0.05) is 13.8 Å². The van der Waals surface area contributed by atoms with Gasteiger partial charge in [-0.2, -0.15) is 23.3 Å². The lowest BCUT2D eigenvalue weighted by Crippen LogP contribution is -2.57. The van der Waals surface area contributed by atoms with Crippen LogP contribution in [-0.2, 0) is 4.74 Å². The summed E-state index contributed by atoms with van der Waals surface area (Å²) >= 11 is 0. The van der Waals surface area contributed by atoms with E-state index in [1.165, 1.54) is 20.8 Å². The van der Waals surface area contributed by atoms with Gasteiger partial charge < -0.3 is 9.84 Å². The van der Waals surface area contributed by atoms with Gasteiger partial charge in [0.25, 0.3) is 5.72 Å². The molecule has 1 aliphatic rings. The predicted octanol–water partition coefficient (Wildman–Crippen LogP) is 2.89. The molecule has 0 aliphatic carbocycles. The lowest BCUT2D eigenvalue weighted by Gasteiger charge is -2.33. The van der Waals surface area contributed by atoms with E-state index in [1.807, 2.05) is 0 Å². The molecule has 0 saturated heterocycles. The summed E-state index contributed by atoms with van der Waals surface area (Å²) in [5, 5.41) is 13.4. The standard InChI is InChI=1S/C12H19F3N2O3/c1-7(2)8-6-11(19,12(13,14)15)17(16-8)9(18)20-10(3,4)5/h7,19H,6H2,1-5H3/t11-/m0/s1. The lowest BCUT2D eigenvalue weighted by molar-refractivity contribution is -0.300. The fourth-order valence-electron chi connectivity index (χ4n) is 1.61. The summed E-state index contributed by atoms with van der Waals surface area (Å²) in [5.41, 5.74) is -4.25. The Labute approximate surface area is 115 Å². The summed E-state index contributed by atoms with van der Waals surface area (Å²) in [6.07, 6.45) is -7.12. The minimum absolute atomic E-state index is 0.00637. The summed E-state index contributed by atoms with van der Waals surface area (Å²) in [5.74, 6) is -0.323. The zero-order chi connectivity index (χ0) is 15.9. The summed E-state index contributed by atoms with van der Waals surface area (Å²) in [6.45, 7) is 7.81. The maximum absolute atomic E-state index is 13.1. The van der Waals surface area contributed by atoms with Gasteiger partial charge in [0.15, 0.2) is 0 Å². The first kappa shape index (κ1) is 16.7. The van der Waals surface area contributed by atoms with Gasteiger partial charge in [-0.05, 0) is 26.7 Å². The fraction of sp³-hybridized carbons (Fsp3) is 0.833. The van der Waals surface area contributed by atoms with Crippen LogP contribution in [0.15, 0.2) is 5.10 Å². The predicted molar refractivity (Wildman–Crippen MR) is 66.0 cm³/mol. The second-order valence-corrected chi connectivity index (χ2v) is 6.03. The van der Waals surface area contributed by atoms with E-state index in [0.29, 0.717) is 0 Å². The van der Waals surface area contributed by atoms with Gasteiger partial charge in [0.2, 0.25) is 0 Å². The van der Waals surface area contributed by atoms with E-state index in [2.05, 4.69) is 5.10 Å². The van der Waals surface area contributed by atoms with Crippen LogP contribution < -0.4 is 0 Å². The molecule has 0 saturated carbocycles. The van der Waals surface area contributed by atoms with Crippen molar-refractivity contribution in [2.24, 2.45) is 11.0 Å². The Bertz CT molecular complexity index is 427. The summed E-state index contributed by atoms with van der Waals surface area (Å²) in [6, 6.07) is 0. The van der Waals surface area contributed by atoms with Crippen molar-refractivity contribution >= 4 is 11.8 Å². The smallest absolute Gasteiger partial charge is 0.439 e. The molecule has 0 radical (unpaired) electrons. The van der Waals surface area contributed by atoms with Gasteiger partial charge in [0.1, 0.15) is 5.60 Å². The van der Waals surface area contributed by atoms with Crippen molar-refractivity contribution in [3.05, 3.63) is 0 Å². The molecule has 116 valence electrons. The molecule has 0 aromatic rings. The molecule has 0 bridgehead atoms. The molecule has 1 heterocycles. The maximum atomic E-state index is 13.1. The van der Waals surface area contributed by atoms with Crippen LogP contribution >= 0.6 is 0 Å². The van der Waals surface area contributed by atoms with Crippen LogP contribution in [0.2, 0.25) is 0 Å².